The Kier molecular flexibility index (Phi) is 3.65. The fourth-order valence-corrected chi connectivity index (χ4v) is 0.695. The van der Waals surface area contributed by atoms with Crippen molar-refractivity contribution >= 4 is 18.6 Å². The van der Waals surface area contributed by atoms with E-state index in [0.29, 0.717) is 6.42 Å². The van der Waals surface area contributed by atoms with E-state index in [1.165, 1.54) is 0 Å². The summed E-state index contributed by atoms with van der Waals surface area (Å²) < 4.78 is 0. The van der Waals surface area contributed by atoms with Crippen LogP contribution in [0.15, 0.2) is 0 Å². The predicted molar refractivity (Wildman–Crippen MR) is 38.7 cm³/mol. The number of hydrogen-bond donors (Lipinski definition) is 3. The number of nitrogens with two attached hydrogens (primary N) is 1. The molecule has 3 N–H and O–H groups in total. The maximum absolute atomic E-state index is 10.1. The van der Waals surface area contributed by atoms with Gasteiger partial charge in [-0.2, -0.15) is 12.6 Å². The summed E-state index contributed by atoms with van der Waals surface area (Å²) in [5.74, 6) is -0.962. The van der Waals surface area contributed by atoms with Gasteiger partial charge in [0, 0.05) is 5.25 Å². The topological polar surface area (TPSA) is 63.3 Å². The predicted octanol–water partition coefficient (Wildman–Crippen LogP) is 0.107. The molecule has 0 radical (unpaired) electrons. The molecule has 0 aromatic heterocycles. The van der Waals surface area contributed by atoms with Gasteiger partial charge in [-0.3, -0.25) is 4.79 Å². The molecule has 0 spiro atoms. The Morgan fingerprint density at radius 2 is 2.33 bits per heavy atom. The quantitative estimate of drug-likeness (QED) is 0.499. The van der Waals surface area contributed by atoms with Gasteiger partial charge in [-0.05, 0) is 6.42 Å². The minimum absolute atomic E-state index is 0.0519. The number of rotatable bonds is 3. The molecule has 4 heteroatoms. The zero-order chi connectivity index (χ0) is 7.44. The number of carboxylic acid groups (broad SMARTS) is 1. The Labute approximate surface area is 59.6 Å². The van der Waals surface area contributed by atoms with E-state index in [2.05, 4.69) is 12.6 Å². The molecule has 0 saturated carbocycles. The van der Waals surface area contributed by atoms with Crippen molar-refractivity contribution in [1.29, 1.82) is 0 Å². The van der Waals surface area contributed by atoms with Crippen molar-refractivity contribution in [2.24, 2.45) is 5.73 Å². The highest BCUT2D eigenvalue weighted by atomic mass is 32.1. The van der Waals surface area contributed by atoms with Crippen LogP contribution >= 0.6 is 12.6 Å². The van der Waals surface area contributed by atoms with E-state index in [0.717, 1.165) is 0 Å². The molecule has 0 aliphatic carbocycles. The summed E-state index contributed by atoms with van der Waals surface area (Å²) in [5, 5.41) is 8.32. The zero-order valence-electron chi connectivity index (χ0n) is 5.24. The van der Waals surface area contributed by atoms with Gasteiger partial charge in [0.15, 0.2) is 0 Å². The summed E-state index contributed by atoms with van der Waals surface area (Å²) in [7, 11) is 0. The van der Waals surface area contributed by atoms with Crippen LogP contribution in [0, 0.1) is 0 Å². The summed E-state index contributed by atoms with van der Waals surface area (Å²) in [6, 6.07) is -0.766. The van der Waals surface area contributed by atoms with E-state index in [4.69, 9.17) is 10.8 Å². The van der Waals surface area contributed by atoms with Crippen molar-refractivity contribution in [2.45, 2.75) is 24.6 Å². The van der Waals surface area contributed by atoms with Gasteiger partial charge in [0.05, 0.1) is 0 Å². The second kappa shape index (κ2) is 3.74. The van der Waals surface area contributed by atoms with Gasteiger partial charge >= 0.3 is 5.97 Å². The van der Waals surface area contributed by atoms with Crippen LogP contribution in [-0.4, -0.2) is 22.4 Å². The maximum atomic E-state index is 10.1. The SMILES string of the molecule is C[C@H](S)C[C@H](N)C(=O)O. The average molecular weight is 149 g/mol. The molecule has 2 atom stereocenters. The Morgan fingerprint density at radius 3 is 2.44 bits per heavy atom. The van der Waals surface area contributed by atoms with Crippen LogP contribution in [0.25, 0.3) is 0 Å². The van der Waals surface area contributed by atoms with E-state index in [1.807, 2.05) is 6.92 Å². The largest absolute Gasteiger partial charge is 0.480 e. The Bertz CT molecular complexity index is 105. The van der Waals surface area contributed by atoms with Gasteiger partial charge in [-0.1, -0.05) is 6.92 Å². The molecule has 9 heavy (non-hydrogen) atoms. The number of carboxylic acids is 1. The third kappa shape index (κ3) is 4.29. The minimum atomic E-state index is -0.962. The van der Waals surface area contributed by atoms with Crippen LogP contribution in [0.1, 0.15) is 13.3 Å². The van der Waals surface area contributed by atoms with E-state index in [9.17, 15) is 4.79 Å². The summed E-state index contributed by atoms with van der Waals surface area (Å²) in [6.45, 7) is 1.81. The maximum Gasteiger partial charge on any atom is 0.320 e. The van der Waals surface area contributed by atoms with Crippen molar-refractivity contribution in [1.82, 2.24) is 0 Å². The molecule has 0 unspecified atom stereocenters. The van der Waals surface area contributed by atoms with Crippen molar-refractivity contribution < 1.29 is 9.90 Å². The Morgan fingerprint density at radius 1 is 1.89 bits per heavy atom. The van der Waals surface area contributed by atoms with Gasteiger partial charge < -0.3 is 10.8 Å². The molecular formula is C5H11NO2S. The summed E-state index contributed by atoms with van der Waals surface area (Å²) >= 11 is 3.99. The second-order valence-electron chi connectivity index (χ2n) is 2.03. The second-order valence-corrected chi connectivity index (χ2v) is 2.91. The fourth-order valence-electron chi connectivity index (χ4n) is 0.468. The monoisotopic (exact) mass is 149 g/mol. The number of thiol groups is 1. The number of carbonyl (C=O) groups is 1. The molecule has 3 nitrogen and oxygen atoms in total. The first-order valence-electron chi connectivity index (χ1n) is 2.70. The first kappa shape index (κ1) is 8.78. The lowest BCUT2D eigenvalue weighted by Gasteiger charge is -2.06. The van der Waals surface area contributed by atoms with E-state index in [-0.39, 0.29) is 5.25 Å². The normalized spacial score (nSPS) is 16.8. The molecule has 0 bridgehead atoms. The summed E-state index contributed by atoms with van der Waals surface area (Å²) in [5.41, 5.74) is 5.17. The molecule has 0 rings (SSSR count). The first-order valence-corrected chi connectivity index (χ1v) is 3.22. The van der Waals surface area contributed by atoms with Crippen LogP contribution in [0.3, 0.4) is 0 Å². The van der Waals surface area contributed by atoms with Crippen LogP contribution in [0.2, 0.25) is 0 Å². The third-order valence-corrected chi connectivity index (χ3v) is 1.12. The van der Waals surface area contributed by atoms with Crippen LogP contribution in [-0.2, 0) is 4.79 Å². The summed E-state index contributed by atoms with van der Waals surface area (Å²) in [4.78, 5) is 10.1. The third-order valence-electron chi connectivity index (χ3n) is 0.912. The first-order chi connectivity index (χ1) is 4.04. The van der Waals surface area contributed by atoms with Crippen LogP contribution in [0.4, 0.5) is 0 Å². The van der Waals surface area contributed by atoms with E-state index in [1.54, 1.807) is 0 Å². The molecular weight excluding hydrogens is 138 g/mol. The average Bonchev–Trinajstić information content (AvgIpc) is 1.63. The van der Waals surface area contributed by atoms with Crippen LogP contribution in [0.5, 0.6) is 0 Å². The molecule has 0 heterocycles. The van der Waals surface area contributed by atoms with Crippen LogP contribution < -0.4 is 5.73 Å². The summed E-state index contributed by atoms with van der Waals surface area (Å²) in [6.07, 6.45) is 0.415. The molecule has 0 amide bonds. The van der Waals surface area contributed by atoms with Gasteiger partial charge in [0.2, 0.25) is 0 Å². The molecule has 0 aromatic rings. The van der Waals surface area contributed by atoms with E-state index < -0.39 is 12.0 Å². The number of aliphatic carboxylic acids is 1. The lowest BCUT2D eigenvalue weighted by molar-refractivity contribution is -0.138. The smallest absolute Gasteiger partial charge is 0.320 e. The Balaban J connectivity index is 3.50. The molecule has 0 aliphatic heterocycles. The van der Waals surface area contributed by atoms with Crippen molar-refractivity contribution in [3.05, 3.63) is 0 Å². The fraction of sp³-hybridized carbons (Fsp3) is 0.800. The molecule has 0 fully saturated rings. The van der Waals surface area contributed by atoms with Gasteiger partial charge in [-0.25, -0.2) is 0 Å². The van der Waals surface area contributed by atoms with Gasteiger partial charge in [-0.15, -0.1) is 0 Å². The highest BCUT2D eigenvalue weighted by molar-refractivity contribution is 7.80. The standard InChI is InChI=1S/C5H11NO2S/c1-3(9)2-4(6)5(7)8/h3-4,9H,2,6H2,1H3,(H,7,8)/t3-,4-/m0/s1. The van der Waals surface area contributed by atoms with Gasteiger partial charge in [0.1, 0.15) is 6.04 Å². The highest BCUT2D eigenvalue weighted by Gasteiger charge is 2.12. The number of hydrogen-bond acceptors (Lipinski definition) is 3. The molecule has 0 aromatic carbocycles. The lowest BCUT2D eigenvalue weighted by atomic mass is 10.2. The zero-order valence-corrected chi connectivity index (χ0v) is 6.14. The molecule has 0 saturated heterocycles. The van der Waals surface area contributed by atoms with Crippen molar-refractivity contribution in [3.63, 3.8) is 0 Å². The Hall–Kier alpha value is -0.220. The molecule has 0 aliphatic rings. The van der Waals surface area contributed by atoms with Gasteiger partial charge in [0.25, 0.3) is 0 Å². The van der Waals surface area contributed by atoms with Crippen molar-refractivity contribution in [3.8, 4) is 0 Å². The van der Waals surface area contributed by atoms with E-state index >= 15 is 0 Å². The van der Waals surface area contributed by atoms with Crippen molar-refractivity contribution in [2.75, 3.05) is 0 Å². The highest BCUT2D eigenvalue weighted by Crippen LogP contribution is 2.01. The minimum Gasteiger partial charge on any atom is -0.480 e. The molecule has 54 valence electrons. The lowest BCUT2D eigenvalue weighted by Crippen LogP contribution is -2.31.